The van der Waals surface area contributed by atoms with Crippen molar-refractivity contribution in [3.63, 3.8) is 0 Å². The van der Waals surface area contributed by atoms with Gasteiger partial charge < -0.3 is 18.9 Å². The van der Waals surface area contributed by atoms with Gasteiger partial charge in [-0.3, -0.25) is 32.5 Å². The molecule has 2 aromatic heterocycles. The molecular formula is C44H36N10O7S2. The Bertz CT molecular complexity index is 2940. The Hall–Kier alpha value is -8.03. The van der Waals surface area contributed by atoms with E-state index in [1.807, 2.05) is 0 Å². The Morgan fingerprint density at radius 3 is 2.05 bits per heavy atom. The third-order valence-electron chi connectivity index (χ3n) is 9.18. The Morgan fingerprint density at radius 2 is 1.43 bits per heavy atom. The molecule has 0 amide bonds. The van der Waals surface area contributed by atoms with Gasteiger partial charge in [0.15, 0.2) is 0 Å². The van der Waals surface area contributed by atoms with Crippen LogP contribution in [0, 0.1) is 28.6 Å². The van der Waals surface area contributed by atoms with Crippen molar-refractivity contribution in [3.8, 4) is 17.2 Å². The molecule has 0 unspecified atom stereocenters. The number of nitrogens with one attached hydrogen (secondary N) is 6. The molecule has 17 nitrogen and oxygen atoms in total. The summed E-state index contributed by atoms with van der Waals surface area (Å²) in [5, 5.41) is 43.3. The van der Waals surface area contributed by atoms with Gasteiger partial charge >= 0.3 is 17.9 Å². The molecule has 2 aliphatic carbocycles. The number of aromatic nitrogens is 2. The number of benzene rings is 3. The Kier molecular flexibility index (Phi) is 12.8. The maximum atomic E-state index is 14.3. The molecule has 0 atom stereocenters. The summed E-state index contributed by atoms with van der Waals surface area (Å²) in [6, 6.07) is 11.6. The highest BCUT2D eigenvalue weighted by atomic mass is 32.1. The number of nitrogens with zero attached hydrogens (tertiary/aromatic N) is 4. The van der Waals surface area contributed by atoms with Crippen LogP contribution in [0.15, 0.2) is 89.6 Å². The van der Waals surface area contributed by atoms with E-state index in [1.54, 1.807) is 62.4 Å². The highest BCUT2D eigenvalue weighted by Crippen LogP contribution is 2.33. The third-order valence-corrected chi connectivity index (χ3v) is 11.0. The molecule has 0 fully saturated rings. The number of aryl methyl sites for hydroxylation is 1. The molecular weight excluding hydrogens is 845 g/mol. The van der Waals surface area contributed by atoms with Gasteiger partial charge in [-0.15, -0.1) is 0 Å². The monoisotopic (exact) mass is 880 g/mol. The van der Waals surface area contributed by atoms with Gasteiger partial charge in [-0.2, -0.15) is 10.2 Å². The third kappa shape index (κ3) is 9.80. The normalized spacial score (nSPS) is 13.0. The number of allylic oxidation sites excluding steroid dienone is 2. The van der Waals surface area contributed by atoms with Gasteiger partial charge in [0.1, 0.15) is 40.1 Å². The summed E-state index contributed by atoms with van der Waals surface area (Å²) in [6.45, 7) is 10.5. The molecule has 2 aliphatic rings. The number of hydrazone groups is 2. The van der Waals surface area contributed by atoms with Crippen molar-refractivity contribution in [1.82, 2.24) is 9.97 Å². The minimum atomic E-state index is -0.751. The van der Waals surface area contributed by atoms with Gasteiger partial charge in [0, 0.05) is 29.2 Å². The zero-order valence-corrected chi connectivity index (χ0v) is 35.2. The molecule has 0 bridgehead atoms. The first-order valence-electron chi connectivity index (χ1n) is 18.8. The lowest BCUT2D eigenvalue weighted by Crippen LogP contribution is -2.15. The van der Waals surface area contributed by atoms with Gasteiger partial charge in [-0.25, -0.2) is 24.4 Å². The average Bonchev–Trinajstić information content (AvgIpc) is 3.89. The second kappa shape index (κ2) is 18.7. The van der Waals surface area contributed by atoms with Crippen molar-refractivity contribution in [1.29, 1.82) is 21.6 Å². The quantitative estimate of drug-likeness (QED) is 0.0138. The van der Waals surface area contributed by atoms with Crippen LogP contribution >= 0.6 is 22.7 Å². The molecule has 2 heterocycles. The minimum Gasteiger partial charge on any atom is -0.493 e. The van der Waals surface area contributed by atoms with Crippen LogP contribution < -0.4 is 25.1 Å². The summed E-state index contributed by atoms with van der Waals surface area (Å²) < 4.78 is 22.7. The van der Waals surface area contributed by atoms with E-state index < -0.39 is 17.9 Å². The van der Waals surface area contributed by atoms with Gasteiger partial charge in [-0.05, 0) is 84.8 Å². The van der Waals surface area contributed by atoms with Crippen molar-refractivity contribution < 1.29 is 33.3 Å². The smallest absolute Gasteiger partial charge is 0.344 e. The van der Waals surface area contributed by atoms with Gasteiger partial charge in [0.2, 0.25) is 10.3 Å². The molecule has 19 heteroatoms. The number of carbonyl (C=O) groups excluding carboxylic acids is 3. The van der Waals surface area contributed by atoms with E-state index in [0.717, 1.165) is 16.8 Å². The number of ether oxygens (including phenoxy) is 4. The van der Waals surface area contributed by atoms with Crippen molar-refractivity contribution in [2.24, 2.45) is 10.2 Å². The minimum absolute atomic E-state index is 0.00750. The van der Waals surface area contributed by atoms with E-state index >= 15 is 0 Å². The first kappa shape index (κ1) is 43.1. The van der Waals surface area contributed by atoms with Crippen LogP contribution in [0.4, 0.5) is 10.3 Å². The fourth-order valence-corrected chi connectivity index (χ4v) is 7.61. The van der Waals surface area contributed by atoms with E-state index in [4.69, 9.17) is 40.6 Å². The van der Waals surface area contributed by atoms with E-state index in [1.165, 1.54) is 53.3 Å². The predicted molar refractivity (Wildman–Crippen MR) is 246 cm³/mol. The van der Waals surface area contributed by atoms with Crippen LogP contribution in [0.2, 0.25) is 0 Å². The Labute approximate surface area is 367 Å². The Balaban J connectivity index is 1.22. The number of esters is 3. The molecule has 0 aliphatic heterocycles. The Morgan fingerprint density at radius 1 is 0.794 bits per heavy atom. The lowest BCUT2D eigenvalue weighted by molar-refractivity contribution is -0.138. The van der Waals surface area contributed by atoms with E-state index in [9.17, 15) is 14.4 Å². The number of carbonyl (C=O) groups is 3. The number of anilines is 2. The molecule has 3 aromatic carbocycles. The first-order valence-corrected chi connectivity index (χ1v) is 20.5. The second-order valence-corrected chi connectivity index (χ2v) is 15.7. The molecule has 0 saturated heterocycles. The van der Waals surface area contributed by atoms with Gasteiger partial charge in [-0.1, -0.05) is 48.0 Å². The fourth-order valence-electron chi connectivity index (χ4n) is 5.96. The molecule has 0 spiro atoms. The SMILES string of the molecule is C=CC(=O)OCCCOc1cc(/C=N/Nc2nc3c(s2)C=CC(=N)C3=N)c(C(=O)Oc2ccc3cc(OC(=O)C(=C)C)ccc3c2C)cc1/C=N/Nc1nc2c(s1)C=CC(=N)C2=N. The first-order chi connectivity index (χ1) is 30.3. The topological polar surface area (TPSA) is 258 Å². The fraction of sp³-hybridized carbons (Fsp3) is 0.114. The largest absolute Gasteiger partial charge is 0.493 e. The van der Waals surface area contributed by atoms with Crippen LogP contribution in [0.25, 0.3) is 22.9 Å². The zero-order chi connectivity index (χ0) is 44.8. The van der Waals surface area contributed by atoms with Crippen LogP contribution in [0.5, 0.6) is 17.2 Å². The van der Waals surface area contributed by atoms with Crippen LogP contribution in [0.1, 0.15) is 61.5 Å². The molecule has 63 heavy (non-hydrogen) atoms. The van der Waals surface area contributed by atoms with Crippen molar-refractivity contribution in [2.45, 2.75) is 20.3 Å². The summed E-state index contributed by atoms with van der Waals surface area (Å²) in [5.74, 6) is -1.00. The van der Waals surface area contributed by atoms with E-state index in [0.29, 0.717) is 54.7 Å². The molecule has 5 aromatic rings. The van der Waals surface area contributed by atoms with Crippen LogP contribution in [0.3, 0.4) is 0 Å². The van der Waals surface area contributed by atoms with Crippen LogP contribution in [-0.4, -0.2) is 76.4 Å². The van der Waals surface area contributed by atoms with Gasteiger partial charge in [0.05, 0.1) is 52.4 Å². The summed E-state index contributed by atoms with van der Waals surface area (Å²) in [5.41, 5.74) is 8.06. The van der Waals surface area contributed by atoms with Crippen LogP contribution in [-0.2, 0) is 14.3 Å². The zero-order valence-electron chi connectivity index (χ0n) is 33.6. The molecule has 316 valence electrons. The molecule has 0 radical (unpaired) electrons. The average molecular weight is 881 g/mol. The number of fused-ring (bicyclic) bond motifs is 3. The number of hydrogen-bond donors (Lipinski definition) is 6. The molecule has 7 rings (SSSR count). The number of thiazole rings is 2. The lowest BCUT2D eigenvalue weighted by Gasteiger charge is -2.15. The molecule has 0 saturated carbocycles. The highest BCUT2D eigenvalue weighted by molar-refractivity contribution is 7.17. The second-order valence-electron chi connectivity index (χ2n) is 13.6. The predicted octanol–water partition coefficient (Wildman–Crippen LogP) is 7.98. The van der Waals surface area contributed by atoms with Crippen molar-refractivity contribution >= 4 is 109 Å². The number of hydrogen-bond acceptors (Lipinski definition) is 19. The lowest BCUT2D eigenvalue weighted by atomic mass is 10.0. The standard InChI is InChI=1S/C44H36N10O7S2/c1-5-36(55)59-16-6-15-58-33-19-25(20-49-53-43-51-39-34(62-43)13-10-30(45)37(39)47)29(18-26(33)21-50-54-44-52-40-35(63-44)14-11-31(46)38(40)48)42(57)61-32-12-7-24-17-27(60-41(56)22(2)3)8-9-28(24)23(32)4/h5,7-14,17-21,45-48H,1-2,6,15-16H2,3-4H3,(H,51,53)(H,52,54)/b45-30?,46-31?,47-37?,48-38?,49-20+,50-21+. The van der Waals surface area contributed by atoms with E-state index in [-0.39, 0.29) is 64.3 Å². The van der Waals surface area contributed by atoms with Crippen molar-refractivity contribution in [3.05, 3.63) is 123 Å². The van der Waals surface area contributed by atoms with E-state index in [2.05, 4.69) is 44.2 Å². The summed E-state index contributed by atoms with van der Waals surface area (Å²) in [7, 11) is 0. The maximum absolute atomic E-state index is 14.3. The number of rotatable bonds is 16. The summed E-state index contributed by atoms with van der Waals surface area (Å²) in [4.78, 5) is 48.2. The highest BCUT2D eigenvalue weighted by Gasteiger charge is 2.23. The van der Waals surface area contributed by atoms with Gasteiger partial charge in [0.25, 0.3) is 0 Å². The van der Waals surface area contributed by atoms with Crippen molar-refractivity contribution in [2.75, 3.05) is 24.1 Å². The maximum Gasteiger partial charge on any atom is 0.344 e. The summed E-state index contributed by atoms with van der Waals surface area (Å²) >= 11 is 2.48. The molecule has 6 N–H and O–H groups in total. The summed E-state index contributed by atoms with van der Waals surface area (Å²) in [6.07, 6.45) is 10.7.